The van der Waals surface area contributed by atoms with Crippen molar-refractivity contribution < 1.29 is 14.8 Å². The Morgan fingerprint density at radius 3 is 2.52 bits per heavy atom. The molecule has 0 bridgehead atoms. The van der Waals surface area contributed by atoms with Gasteiger partial charge in [-0.05, 0) is 50.5 Å². The van der Waals surface area contributed by atoms with Gasteiger partial charge in [-0.25, -0.2) is 4.79 Å². The zero-order valence-electron chi connectivity index (χ0n) is 14.7. The fraction of sp³-hybridized carbons (Fsp3) is 0.611. The Bertz CT molecular complexity index is 566. The van der Waals surface area contributed by atoms with Gasteiger partial charge in [0.2, 0.25) is 0 Å². The number of carbonyl (C=O) groups excluding carboxylic acids is 1. The number of aliphatic hydroxyl groups excluding tert-OH is 1. The van der Waals surface area contributed by atoms with Crippen molar-refractivity contribution in [2.75, 3.05) is 19.6 Å². The molecule has 1 aliphatic rings. The standard InChI is InChI=1S/C18H27N3O4/c1-14(22)16-9-12-20(13-10-16)18(23)19-11-3-2-4-15-5-7-17(8-6-15)21(24)25/h5-8,14,16,22H,2-4,9-13H2,1H3,(H,19,23). The van der Waals surface area contributed by atoms with Crippen LogP contribution in [0.15, 0.2) is 24.3 Å². The number of nitrogens with one attached hydrogen (secondary N) is 1. The number of rotatable bonds is 7. The Balaban J connectivity index is 1.60. The summed E-state index contributed by atoms with van der Waals surface area (Å²) in [5.41, 5.74) is 1.17. The maximum Gasteiger partial charge on any atom is 0.317 e. The molecule has 1 aromatic rings. The topological polar surface area (TPSA) is 95.7 Å². The molecule has 1 heterocycles. The van der Waals surface area contributed by atoms with Crippen LogP contribution in [0.3, 0.4) is 0 Å². The van der Waals surface area contributed by atoms with Crippen LogP contribution < -0.4 is 5.32 Å². The van der Waals surface area contributed by atoms with Crippen molar-refractivity contribution in [1.29, 1.82) is 0 Å². The summed E-state index contributed by atoms with van der Waals surface area (Å²) in [5, 5.41) is 23.1. The molecule has 0 radical (unpaired) electrons. The lowest BCUT2D eigenvalue weighted by atomic mass is 9.92. The molecule has 1 fully saturated rings. The summed E-state index contributed by atoms with van der Waals surface area (Å²) in [6.45, 7) is 3.84. The van der Waals surface area contributed by atoms with E-state index in [1.807, 2.05) is 11.8 Å². The summed E-state index contributed by atoms with van der Waals surface area (Å²) in [6.07, 6.45) is 4.03. The van der Waals surface area contributed by atoms with Crippen molar-refractivity contribution >= 4 is 11.7 Å². The Labute approximate surface area is 148 Å². The molecule has 25 heavy (non-hydrogen) atoms. The molecule has 1 aromatic carbocycles. The van der Waals surface area contributed by atoms with Crippen molar-refractivity contribution in [1.82, 2.24) is 10.2 Å². The van der Waals surface area contributed by atoms with Crippen molar-refractivity contribution in [3.8, 4) is 0 Å². The molecular weight excluding hydrogens is 322 g/mol. The normalized spacial score (nSPS) is 16.5. The number of amides is 2. The largest absolute Gasteiger partial charge is 0.393 e. The molecule has 2 amide bonds. The number of benzene rings is 1. The molecule has 0 spiro atoms. The highest BCUT2D eigenvalue weighted by Gasteiger charge is 2.25. The molecule has 0 saturated carbocycles. The second-order valence-electron chi connectivity index (χ2n) is 6.68. The van der Waals surface area contributed by atoms with E-state index in [0.717, 1.165) is 37.7 Å². The number of nitrogens with zero attached hydrogens (tertiary/aromatic N) is 2. The van der Waals surface area contributed by atoms with Gasteiger partial charge in [-0.1, -0.05) is 12.1 Å². The third kappa shape index (κ3) is 6.01. The number of nitro benzene ring substituents is 1. The number of unbranched alkanes of at least 4 members (excludes halogenated alkanes) is 1. The number of piperidine rings is 1. The minimum atomic E-state index is -0.399. The highest BCUT2D eigenvalue weighted by molar-refractivity contribution is 5.74. The molecule has 1 aliphatic heterocycles. The number of non-ortho nitro benzene ring substituents is 1. The molecule has 2 rings (SSSR count). The predicted molar refractivity (Wildman–Crippen MR) is 95.4 cm³/mol. The van der Waals surface area contributed by atoms with Gasteiger partial charge in [0, 0.05) is 31.8 Å². The van der Waals surface area contributed by atoms with Gasteiger partial charge in [0.15, 0.2) is 0 Å². The number of nitro groups is 1. The first-order valence-electron chi connectivity index (χ1n) is 8.91. The zero-order valence-corrected chi connectivity index (χ0v) is 14.7. The number of carbonyl (C=O) groups is 1. The molecule has 1 unspecified atom stereocenters. The molecule has 7 heteroatoms. The summed E-state index contributed by atoms with van der Waals surface area (Å²) in [7, 11) is 0. The molecule has 138 valence electrons. The summed E-state index contributed by atoms with van der Waals surface area (Å²) < 4.78 is 0. The Morgan fingerprint density at radius 2 is 1.96 bits per heavy atom. The second kappa shape index (κ2) is 9.36. The maximum absolute atomic E-state index is 12.1. The molecule has 1 atom stereocenters. The number of urea groups is 1. The first kappa shape index (κ1) is 19.2. The van der Waals surface area contributed by atoms with Crippen molar-refractivity contribution in [2.24, 2.45) is 5.92 Å². The lowest BCUT2D eigenvalue weighted by molar-refractivity contribution is -0.384. The van der Waals surface area contributed by atoms with Gasteiger partial charge in [-0.3, -0.25) is 10.1 Å². The quantitative estimate of drug-likeness (QED) is 0.449. The number of aliphatic hydroxyl groups is 1. The lowest BCUT2D eigenvalue weighted by Crippen LogP contribution is -2.45. The minimum absolute atomic E-state index is 0.0284. The van der Waals surface area contributed by atoms with Gasteiger partial charge in [0.05, 0.1) is 11.0 Å². The number of likely N-dealkylation sites (tertiary alicyclic amines) is 1. The van der Waals surface area contributed by atoms with Crippen LogP contribution in [0.5, 0.6) is 0 Å². The van der Waals surface area contributed by atoms with E-state index in [9.17, 15) is 20.0 Å². The van der Waals surface area contributed by atoms with E-state index in [0.29, 0.717) is 25.6 Å². The van der Waals surface area contributed by atoms with Gasteiger partial charge < -0.3 is 15.3 Å². The van der Waals surface area contributed by atoms with E-state index in [1.54, 1.807) is 12.1 Å². The van der Waals surface area contributed by atoms with Gasteiger partial charge in [-0.15, -0.1) is 0 Å². The van der Waals surface area contributed by atoms with Crippen LogP contribution in [0.1, 0.15) is 38.2 Å². The van der Waals surface area contributed by atoms with Crippen LogP contribution in [0.2, 0.25) is 0 Å². The minimum Gasteiger partial charge on any atom is -0.393 e. The van der Waals surface area contributed by atoms with Crippen molar-refractivity contribution in [3.05, 3.63) is 39.9 Å². The van der Waals surface area contributed by atoms with Crippen LogP contribution in [-0.2, 0) is 6.42 Å². The smallest absolute Gasteiger partial charge is 0.317 e. The van der Waals surface area contributed by atoms with Gasteiger partial charge >= 0.3 is 6.03 Å². The van der Waals surface area contributed by atoms with E-state index < -0.39 is 4.92 Å². The van der Waals surface area contributed by atoms with Crippen molar-refractivity contribution in [2.45, 2.75) is 45.1 Å². The lowest BCUT2D eigenvalue weighted by Gasteiger charge is -2.33. The van der Waals surface area contributed by atoms with Crippen LogP contribution in [0, 0.1) is 16.0 Å². The molecule has 0 aliphatic carbocycles. The zero-order chi connectivity index (χ0) is 18.2. The average Bonchev–Trinajstić information content (AvgIpc) is 2.61. The summed E-state index contributed by atoms with van der Waals surface area (Å²) in [5.74, 6) is 0.297. The van der Waals surface area contributed by atoms with E-state index >= 15 is 0 Å². The van der Waals surface area contributed by atoms with Crippen molar-refractivity contribution in [3.63, 3.8) is 0 Å². The summed E-state index contributed by atoms with van der Waals surface area (Å²) in [6, 6.07) is 6.58. The van der Waals surface area contributed by atoms with Crippen LogP contribution >= 0.6 is 0 Å². The predicted octanol–water partition coefficient (Wildman–Crippen LogP) is 2.72. The highest BCUT2D eigenvalue weighted by atomic mass is 16.6. The molecule has 1 saturated heterocycles. The monoisotopic (exact) mass is 349 g/mol. The second-order valence-corrected chi connectivity index (χ2v) is 6.68. The van der Waals surface area contributed by atoms with E-state index in [-0.39, 0.29) is 17.8 Å². The third-order valence-corrected chi connectivity index (χ3v) is 4.82. The molecular formula is C18H27N3O4. The Hall–Kier alpha value is -2.15. The summed E-state index contributed by atoms with van der Waals surface area (Å²) >= 11 is 0. The molecule has 2 N–H and O–H groups in total. The SMILES string of the molecule is CC(O)C1CCN(C(=O)NCCCCc2ccc([N+](=O)[O-])cc2)CC1. The number of aryl methyl sites for hydroxylation is 1. The van der Waals surface area contributed by atoms with Gasteiger partial charge in [0.1, 0.15) is 0 Å². The summed E-state index contributed by atoms with van der Waals surface area (Å²) in [4.78, 5) is 24.1. The van der Waals surface area contributed by atoms with E-state index in [2.05, 4.69) is 5.32 Å². The third-order valence-electron chi connectivity index (χ3n) is 4.82. The van der Waals surface area contributed by atoms with E-state index in [1.165, 1.54) is 12.1 Å². The van der Waals surface area contributed by atoms with E-state index in [4.69, 9.17) is 0 Å². The fourth-order valence-electron chi connectivity index (χ4n) is 3.13. The molecule has 0 aromatic heterocycles. The first-order chi connectivity index (χ1) is 12.0. The van der Waals surface area contributed by atoms with Gasteiger partial charge in [0.25, 0.3) is 5.69 Å². The number of hydrogen-bond donors (Lipinski definition) is 2. The Morgan fingerprint density at radius 1 is 1.32 bits per heavy atom. The van der Waals surface area contributed by atoms with Crippen LogP contribution in [0.4, 0.5) is 10.5 Å². The number of hydrogen-bond acceptors (Lipinski definition) is 4. The van der Waals surface area contributed by atoms with Crippen LogP contribution in [0.25, 0.3) is 0 Å². The highest BCUT2D eigenvalue weighted by Crippen LogP contribution is 2.20. The molecule has 7 nitrogen and oxygen atoms in total. The average molecular weight is 349 g/mol. The maximum atomic E-state index is 12.1. The van der Waals surface area contributed by atoms with Gasteiger partial charge in [-0.2, -0.15) is 0 Å². The van der Waals surface area contributed by atoms with Crippen LogP contribution in [-0.4, -0.2) is 46.7 Å². The fourth-order valence-corrected chi connectivity index (χ4v) is 3.13. The first-order valence-corrected chi connectivity index (χ1v) is 8.91. The Kier molecular flexibility index (Phi) is 7.18.